The second-order valence-electron chi connectivity index (χ2n) is 10.2. The largest absolute Gasteiger partial charge is 0.463 e. The Kier molecular flexibility index (Phi) is 5.24. The first-order valence-corrected chi connectivity index (χ1v) is 11.5. The lowest BCUT2D eigenvalue weighted by Crippen LogP contribution is -2.12. The van der Waals surface area contributed by atoms with Gasteiger partial charge in [0.2, 0.25) is 0 Å². The van der Waals surface area contributed by atoms with Gasteiger partial charge in [-0.3, -0.25) is 4.98 Å². The van der Waals surface area contributed by atoms with Crippen LogP contribution >= 0.6 is 0 Å². The van der Waals surface area contributed by atoms with Crippen LogP contribution in [0.15, 0.2) is 71.7 Å². The minimum absolute atomic E-state index is 0.0194. The van der Waals surface area contributed by atoms with Gasteiger partial charge in [-0.2, -0.15) is 0 Å². The van der Waals surface area contributed by atoms with Crippen LogP contribution in [0, 0.1) is 5.92 Å². The van der Waals surface area contributed by atoms with E-state index in [1.807, 2.05) is 18.3 Å². The van der Waals surface area contributed by atoms with Gasteiger partial charge < -0.3 is 4.42 Å². The average Bonchev–Trinajstić information content (AvgIpc) is 3.20. The van der Waals surface area contributed by atoms with Crippen molar-refractivity contribution in [2.24, 2.45) is 5.92 Å². The Hall–Kier alpha value is -3.53. The molecule has 4 heteroatoms. The average molecular weight is 436 g/mol. The van der Waals surface area contributed by atoms with Crippen molar-refractivity contribution in [3.8, 4) is 22.5 Å². The molecule has 0 unspecified atom stereocenters. The highest BCUT2D eigenvalue weighted by Crippen LogP contribution is 2.36. The van der Waals surface area contributed by atoms with Gasteiger partial charge in [0.05, 0.1) is 11.4 Å². The molecule has 0 atom stereocenters. The fourth-order valence-electron chi connectivity index (χ4n) is 4.43. The molecule has 3 heterocycles. The smallest absolute Gasteiger partial charge is 0.137 e. The molecule has 4 nitrogen and oxygen atoms in total. The molecule has 0 amide bonds. The van der Waals surface area contributed by atoms with Crippen molar-refractivity contribution in [3.05, 3.63) is 78.6 Å². The van der Waals surface area contributed by atoms with Gasteiger partial charge in [-0.1, -0.05) is 58.9 Å². The summed E-state index contributed by atoms with van der Waals surface area (Å²) in [4.78, 5) is 13.8. The van der Waals surface area contributed by atoms with Crippen molar-refractivity contribution in [1.82, 2.24) is 15.0 Å². The van der Waals surface area contributed by atoms with E-state index in [2.05, 4.69) is 86.0 Å². The van der Waals surface area contributed by atoms with Crippen LogP contribution in [-0.4, -0.2) is 15.0 Å². The number of nitrogens with zero attached hydrogens (tertiary/aromatic N) is 3. The molecule has 0 spiro atoms. The molecule has 0 aliphatic heterocycles. The van der Waals surface area contributed by atoms with Gasteiger partial charge in [-0.15, -0.1) is 0 Å². The highest BCUT2D eigenvalue weighted by Gasteiger charge is 2.19. The Bertz CT molecular complexity index is 1460. The van der Waals surface area contributed by atoms with Crippen LogP contribution in [-0.2, 0) is 11.8 Å². The van der Waals surface area contributed by atoms with Crippen LogP contribution in [0.25, 0.3) is 44.3 Å². The monoisotopic (exact) mass is 435 g/mol. The van der Waals surface area contributed by atoms with Crippen LogP contribution in [0.2, 0.25) is 0 Å². The number of aromatic nitrogens is 3. The minimum Gasteiger partial charge on any atom is -0.463 e. The summed E-state index contributed by atoms with van der Waals surface area (Å²) in [5, 5.41) is 3.48. The zero-order valence-corrected chi connectivity index (χ0v) is 19.9. The Morgan fingerprint density at radius 3 is 2.45 bits per heavy atom. The molecule has 166 valence electrons. The number of hydrogen-bond acceptors (Lipinski definition) is 4. The fraction of sp³-hybridized carbons (Fsp3) is 0.276. The van der Waals surface area contributed by atoms with Crippen LogP contribution < -0.4 is 0 Å². The molecule has 0 saturated carbocycles. The summed E-state index contributed by atoms with van der Waals surface area (Å²) in [5.41, 5.74) is 6.99. The summed E-state index contributed by atoms with van der Waals surface area (Å²) in [6, 6.07) is 17.1. The molecule has 0 aliphatic rings. The first-order valence-electron chi connectivity index (χ1n) is 11.5. The number of hydrogen-bond donors (Lipinski definition) is 0. The third kappa shape index (κ3) is 4.13. The van der Waals surface area contributed by atoms with E-state index in [4.69, 9.17) is 4.42 Å². The maximum atomic E-state index is 5.89. The van der Waals surface area contributed by atoms with Gasteiger partial charge in [0.25, 0.3) is 0 Å². The van der Waals surface area contributed by atoms with Crippen LogP contribution in [0.5, 0.6) is 0 Å². The third-order valence-electron chi connectivity index (χ3n) is 6.04. The zero-order chi connectivity index (χ0) is 23.2. The molecule has 0 N–H and O–H groups in total. The van der Waals surface area contributed by atoms with Gasteiger partial charge in [0, 0.05) is 34.5 Å². The summed E-state index contributed by atoms with van der Waals surface area (Å²) in [5.74, 6) is 0.550. The van der Waals surface area contributed by atoms with E-state index in [1.54, 1.807) is 12.6 Å². The lowest BCUT2D eigenvalue weighted by atomic mass is 9.82. The van der Waals surface area contributed by atoms with E-state index in [0.29, 0.717) is 5.92 Å². The van der Waals surface area contributed by atoms with Crippen LogP contribution in [0.3, 0.4) is 0 Å². The van der Waals surface area contributed by atoms with Gasteiger partial charge in [-0.05, 0) is 52.3 Å². The Morgan fingerprint density at radius 2 is 1.67 bits per heavy atom. The maximum absolute atomic E-state index is 5.89. The summed E-state index contributed by atoms with van der Waals surface area (Å²) in [6.07, 6.45) is 6.25. The number of fused-ring (bicyclic) bond motifs is 2. The van der Waals surface area contributed by atoms with Gasteiger partial charge in [0.15, 0.2) is 0 Å². The highest BCUT2D eigenvalue weighted by atomic mass is 16.3. The molecule has 33 heavy (non-hydrogen) atoms. The van der Waals surface area contributed by atoms with Gasteiger partial charge in [-0.25, -0.2) is 9.97 Å². The van der Waals surface area contributed by atoms with E-state index in [0.717, 1.165) is 45.6 Å². The van der Waals surface area contributed by atoms with Crippen LogP contribution in [0.4, 0.5) is 0 Å². The fourth-order valence-corrected chi connectivity index (χ4v) is 4.43. The lowest BCUT2D eigenvalue weighted by molar-refractivity contribution is 0.596. The first-order chi connectivity index (χ1) is 15.8. The number of benzene rings is 2. The van der Waals surface area contributed by atoms with Crippen molar-refractivity contribution in [1.29, 1.82) is 0 Å². The molecule has 5 aromatic rings. The SMILES string of the molecule is CC(C)Cc1cc2occ(-c3cc(-c4cc(C(C)(C)C)c5ccccc5c4)ncn3)c2cn1. The Labute approximate surface area is 194 Å². The molecular weight excluding hydrogens is 406 g/mol. The summed E-state index contributed by atoms with van der Waals surface area (Å²) >= 11 is 0. The molecule has 2 aromatic carbocycles. The van der Waals surface area contributed by atoms with E-state index in [1.165, 1.54) is 16.3 Å². The van der Waals surface area contributed by atoms with E-state index >= 15 is 0 Å². The molecular formula is C29H29N3O. The molecule has 0 bridgehead atoms. The molecule has 5 rings (SSSR count). The molecule has 0 saturated heterocycles. The molecule has 0 aliphatic carbocycles. The first kappa shape index (κ1) is 21.3. The topological polar surface area (TPSA) is 51.8 Å². The summed E-state index contributed by atoms with van der Waals surface area (Å²) in [7, 11) is 0. The summed E-state index contributed by atoms with van der Waals surface area (Å²) < 4.78 is 5.89. The second-order valence-corrected chi connectivity index (χ2v) is 10.2. The standard InChI is InChI=1S/C29H29N3O/c1-18(2)10-21-13-28-23(15-30-21)24(16-33-28)27-14-26(31-17-32-27)20-11-19-8-6-7-9-22(19)25(12-20)29(3,4)5/h6-9,11-18H,10H2,1-5H3. The number of pyridine rings is 1. The van der Waals surface area contributed by atoms with Crippen molar-refractivity contribution in [3.63, 3.8) is 0 Å². The van der Waals surface area contributed by atoms with Crippen molar-refractivity contribution in [2.45, 2.75) is 46.5 Å². The zero-order valence-electron chi connectivity index (χ0n) is 19.9. The summed E-state index contributed by atoms with van der Waals surface area (Å²) in [6.45, 7) is 11.1. The second kappa shape index (κ2) is 8.11. The maximum Gasteiger partial charge on any atom is 0.137 e. The minimum atomic E-state index is 0.0194. The molecule has 0 radical (unpaired) electrons. The van der Waals surface area contributed by atoms with Gasteiger partial charge in [0.1, 0.15) is 18.2 Å². The predicted molar refractivity (Wildman–Crippen MR) is 135 cm³/mol. The predicted octanol–water partition coefficient (Wildman–Crippen LogP) is 7.60. The molecule has 0 fully saturated rings. The normalized spacial score (nSPS) is 12.2. The van der Waals surface area contributed by atoms with E-state index in [-0.39, 0.29) is 5.41 Å². The Balaban J connectivity index is 1.60. The lowest BCUT2D eigenvalue weighted by Gasteiger charge is -2.22. The number of furan rings is 1. The van der Waals surface area contributed by atoms with E-state index in [9.17, 15) is 0 Å². The van der Waals surface area contributed by atoms with Crippen molar-refractivity contribution >= 4 is 21.7 Å². The highest BCUT2D eigenvalue weighted by molar-refractivity contribution is 5.94. The van der Waals surface area contributed by atoms with Gasteiger partial charge >= 0.3 is 0 Å². The van der Waals surface area contributed by atoms with E-state index < -0.39 is 0 Å². The van der Waals surface area contributed by atoms with Crippen molar-refractivity contribution in [2.75, 3.05) is 0 Å². The number of rotatable bonds is 4. The van der Waals surface area contributed by atoms with Crippen molar-refractivity contribution < 1.29 is 4.42 Å². The molecule has 3 aromatic heterocycles. The quantitative estimate of drug-likeness (QED) is 0.292. The third-order valence-corrected chi connectivity index (χ3v) is 6.04. The van der Waals surface area contributed by atoms with Crippen LogP contribution in [0.1, 0.15) is 45.9 Å². The Morgan fingerprint density at radius 1 is 0.879 bits per heavy atom.